The molecule has 4 heterocycles. The number of hydrogen-bond donors (Lipinski definition) is 0. The molecule has 0 aromatic rings. The highest BCUT2D eigenvalue weighted by molar-refractivity contribution is 7.51. The molecule has 4 rings (SSSR count). The van der Waals surface area contributed by atoms with Gasteiger partial charge >= 0.3 is 15.5 Å². The summed E-state index contributed by atoms with van der Waals surface area (Å²) >= 11 is 0. The molecule has 12 nitrogen and oxygen atoms in total. The van der Waals surface area contributed by atoms with Gasteiger partial charge in [-0.25, -0.2) is 18.5 Å². The fraction of sp³-hybridized carbons (Fsp3) is 1.00. The first-order valence-electron chi connectivity index (χ1n) is 18.8. The summed E-state index contributed by atoms with van der Waals surface area (Å²) in [5, 5.41) is 4.16. The summed E-state index contributed by atoms with van der Waals surface area (Å²) in [6.45, 7) is 28.6. The predicted molar refractivity (Wildman–Crippen MR) is 199 cm³/mol. The van der Waals surface area contributed by atoms with Crippen molar-refractivity contribution in [3.63, 3.8) is 0 Å². The number of piperidine rings is 2. The van der Waals surface area contributed by atoms with Crippen LogP contribution in [0.2, 0.25) is 0 Å². The van der Waals surface area contributed by atoms with E-state index < -0.39 is 15.5 Å². The smallest absolute Gasteiger partial charge is 0.301 e. The number of rotatable bonds is 13. The van der Waals surface area contributed by atoms with Gasteiger partial charge < -0.3 is 9.68 Å². The summed E-state index contributed by atoms with van der Waals surface area (Å²) in [5.74, 6) is 0. The van der Waals surface area contributed by atoms with Gasteiger partial charge in [0.2, 0.25) is 0 Å². The molecule has 0 N–H and O–H groups in total. The van der Waals surface area contributed by atoms with Crippen LogP contribution in [-0.4, -0.2) is 107 Å². The lowest BCUT2D eigenvalue weighted by Gasteiger charge is -2.56. The molecule has 50 heavy (non-hydrogen) atoms. The third-order valence-corrected chi connectivity index (χ3v) is 15.1. The Bertz CT molecular complexity index is 1100. The van der Waals surface area contributed by atoms with Crippen LogP contribution in [0.1, 0.15) is 134 Å². The summed E-state index contributed by atoms with van der Waals surface area (Å²) in [5.41, 5.74) is -1.44. The van der Waals surface area contributed by atoms with Gasteiger partial charge in [0.15, 0.2) is 0 Å². The average molecular weight is 751 g/mol. The predicted octanol–water partition coefficient (Wildman–Crippen LogP) is 8.68. The van der Waals surface area contributed by atoms with Gasteiger partial charge in [-0.2, -0.15) is 10.1 Å². The van der Waals surface area contributed by atoms with Crippen LogP contribution in [0.15, 0.2) is 0 Å². The van der Waals surface area contributed by atoms with Crippen LogP contribution >= 0.6 is 15.5 Å². The van der Waals surface area contributed by atoms with Crippen molar-refractivity contribution in [2.75, 3.05) is 53.7 Å². The summed E-state index contributed by atoms with van der Waals surface area (Å²) in [6.07, 6.45) is 6.66. The van der Waals surface area contributed by atoms with E-state index in [-0.39, 0.29) is 45.1 Å². The molecule has 0 aromatic carbocycles. The van der Waals surface area contributed by atoms with Crippen LogP contribution < -0.4 is 0 Å². The second-order valence-electron chi connectivity index (χ2n) is 19.4. The van der Waals surface area contributed by atoms with Crippen LogP contribution in [0.5, 0.6) is 0 Å². The molecular formula is C36H72N4O8P2. The zero-order chi connectivity index (χ0) is 37.6. The molecule has 0 amide bonds. The summed E-state index contributed by atoms with van der Waals surface area (Å²) < 4.78 is 57.6. The van der Waals surface area contributed by atoms with E-state index in [1.165, 1.54) is 0 Å². The lowest BCUT2D eigenvalue weighted by atomic mass is 9.79. The topological polar surface area (TPSA) is 102 Å². The van der Waals surface area contributed by atoms with E-state index >= 15 is 0 Å². The zero-order valence-electron chi connectivity index (χ0n) is 34.0. The molecule has 4 fully saturated rings. The maximum atomic E-state index is 14.4. The van der Waals surface area contributed by atoms with Crippen LogP contribution in [0.25, 0.3) is 0 Å². The van der Waals surface area contributed by atoms with Crippen LogP contribution in [0.3, 0.4) is 0 Å². The molecule has 0 unspecified atom stereocenters. The number of hydroxylamine groups is 4. The minimum absolute atomic E-state index is 0.00795. The van der Waals surface area contributed by atoms with Gasteiger partial charge in [-0.15, -0.1) is 0 Å². The quantitative estimate of drug-likeness (QED) is 0.133. The third-order valence-electron chi connectivity index (χ3n) is 11.0. The maximum Gasteiger partial charge on any atom is 0.408 e. The molecule has 0 radical (unpaired) electrons. The Kier molecular flexibility index (Phi) is 13.1. The second-order valence-corrected chi connectivity index (χ2v) is 23.4. The Labute approximate surface area is 304 Å². The van der Waals surface area contributed by atoms with Gasteiger partial charge in [-0.1, -0.05) is 40.5 Å². The fourth-order valence-electron chi connectivity index (χ4n) is 9.22. The van der Waals surface area contributed by atoms with E-state index in [2.05, 4.69) is 103 Å². The van der Waals surface area contributed by atoms with E-state index in [0.29, 0.717) is 39.5 Å². The van der Waals surface area contributed by atoms with Gasteiger partial charge in [-0.05, 0) is 93.9 Å². The normalized spacial score (nSPS) is 29.4. The molecule has 0 saturated carbocycles. The lowest BCUT2D eigenvalue weighted by Crippen LogP contribution is -2.63. The van der Waals surface area contributed by atoms with Crippen molar-refractivity contribution in [2.24, 2.45) is 10.8 Å². The number of hydrogen-bond acceptors (Lipinski definition) is 10. The third kappa shape index (κ3) is 9.64. The summed E-state index contributed by atoms with van der Waals surface area (Å²) in [4.78, 5) is 11.7. The highest BCUT2D eigenvalue weighted by Crippen LogP contribution is 2.61. The highest BCUT2D eigenvalue weighted by atomic mass is 31.2. The van der Waals surface area contributed by atoms with Crippen LogP contribution in [0, 0.1) is 10.8 Å². The first kappa shape index (κ1) is 42.8. The van der Waals surface area contributed by atoms with Crippen LogP contribution in [-0.2, 0) is 36.9 Å². The van der Waals surface area contributed by atoms with Crippen molar-refractivity contribution in [2.45, 2.75) is 169 Å². The summed E-state index contributed by atoms with van der Waals surface area (Å²) in [7, 11) is -3.52. The zero-order valence-corrected chi connectivity index (χ0v) is 35.8. The second kappa shape index (κ2) is 15.3. The molecule has 14 heteroatoms. The Morgan fingerprint density at radius 1 is 0.520 bits per heavy atom. The van der Waals surface area contributed by atoms with Gasteiger partial charge in [-0.3, -0.25) is 18.1 Å². The Morgan fingerprint density at radius 2 is 0.780 bits per heavy atom. The summed E-state index contributed by atoms with van der Waals surface area (Å²) in [6, 6.07) is 0.0159. The molecule has 294 valence electrons. The molecule has 4 aliphatic heterocycles. The highest BCUT2D eigenvalue weighted by Gasteiger charge is 2.54. The molecule has 0 aromatic heterocycles. The fourth-order valence-corrected chi connectivity index (χ4v) is 13.9. The largest absolute Gasteiger partial charge is 0.408 e. The van der Waals surface area contributed by atoms with Gasteiger partial charge in [0.05, 0.1) is 40.6 Å². The average Bonchev–Trinajstić information content (AvgIpc) is 2.96. The van der Waals surface area contributed by atoms with Crippen molar-refractivity contribution >= 4 is 15.5 Å². The van der Waals surface area contributed by atoms with E-state index in [1.807, 2.05) is 0 Å². The molecule has 0 aliphatic carbocycles. The SMILES string of the molecule is CON1C(C)(C)CC(N(CCCCCCN(C2CC(C)(C)N(OC)C(C)(C)C2)P2(=O)OCC(C)(C)CO2)P2(=O)OCC(C)(C)CO2)CC1(C)C. The van der Waals surface area contributed by atoms with E-state index in [9.17, 15) is 9.13 Å². The minimum atomic E-state index is -3.49. The Balaban J connectivity index is 1.45. The molecule has 4 saturated heterocycles. The standard InChI is InChI=1S/C36H72N4O8P2/c1-31(2)25-45-49(41,46-26-31)37(29-21-33(5,6)39(43-13)34(7,8)22-29)19-17-15-16-18-20-38(50(42)47-27-32(3,4)28-48-50)30-23-35(9,10)40(44-14)36(11,12)24-30/h29-30H,15-28H2,1-14H3. The van der Waals surface area contributed by atoms with Gasteiger partial charge in [0.1, 0.15) is 0 Å². The first-order valence-corrected chi connectivity index (χ1v) is 21.8. The number of unbranched alkanes of at least 4 members (excludes halogenated alkanes) is 3. The molecule has 4 aliphatic rings. The van der Waals surface area contributed by atoms with Crippen molar-refractivity contribution < 1.29 is 36.9 Å². The van der Waals surface area contributed by atoms with Crippen molar-refractivity contribution in [1.29, 1.82) is 0 Å². The van der Waals surface area contributed by atoms with Gasteiger partial charge in [0.25, 0.3) is 0 Å². The molecule has 0 spiro atoms. The Hall–Kier alpha value is 0.0600. The molecule has 0 bridgehead atoms. The van der Waals surface area contributed by atoms with Crippen molar-refractivity contribution in [1.82, 2.24) is 19.5 Å². The lowest BCUT2D eigenvalue weighted by molar-refractivity contribution is -0.271. The van der Waals surface area contributed by atoms with Crippen molar-refractivity contribution in [3.05, 3.63) is 0 Å². The van der Waals surface area contributed by atoms with Gasteiger partial charge in [0, 0.05) is 58.2 Å². The van der Waals surface area contributed by atoms with Crippen LogP contribution in [0.4, 0.5) is 0 Å². The minimum Gasteiger partial charge on any atom is -0.301 e. The Morgan fingerprint density at radius 3 is 1.02 bits per heavy atom. The molecule has 0 atom stereocenters. The van der Waals surface area contributed by atoms with Crippen molar-refractivity contribution in [3.8, 4) is 0 Å². The first-order chi connectivity index (χ1) is 22.8. The monoisotopic (exact) mass is 750 g/mol. The maximum absolute atomic E-state index is 14.4. The van der Waals surface area contributed by atoms with E-state index in [4.69, 9.17) is 27.8 Å². The van der Waals surface area contributed by atoms with E-state index in [0.717, 1.165) is 51.4 Å². The van der Waals surface area contributed by atoms with E-state index in [1.54, 1.807) is 14.2 Å². The molecular weight excluding hydrogens is 678 g/mol. The number of nitrogens with zero attached hydrogens (tertiary/aromatic N) is 4.